The summed E-state index contributed by atoms with van der Waals surface area (Å²) in [7, 11) is 1.40. The van der Waals surface area contributed by atoms with Crippen LogP contribution in [0.4, 0.5) is 0 Å². The number of hydrogen-bond donors (Lipinski definition) is 1. The van der Waals surface area contributed by atoms with Gasteiger partial charge in [-0.2, -0.15) is 0 Å². The lowest BCUT2D eigenvalue weighted by Crippen LogP contribution is -2.40. The minimum atomic E-state index is -1.05. The van der Waals surface area contributed by atoms with Crippen LogP contribution in [0.25, 0.3) is 11.1 Å². The molecular weight excluding hydrogens is 320 g/mol. The maximum atomic E-state index is 12.7. The summed E-state index contributed by atoms with van der Waals surface area (Å²) in [6.07, 6.45) is 0.178. The summed E-state index contributed by atoms with van der Waals surface area (Å²) in [5.74, 6) is -1.37. The third kappa shape index (κ3) is 3.52. The molecule has 3 rings (SSSR count). The minimum absolute atomic E-state index is 0.157. The second-order valence-electron chi connectivity index (χ2n) is 5.77. The van der Waals surface area contributed by atoms with Crippen molar-refractivity contribution in [2.75, 3.05) is 13.7 Å². The lowest BCUT2D eigenvalue weighted by atomic mass is 10.0. The average Bonchev–Trinajstić information content (AvgIpc) is 3.07. The van der Waals surface area contributed by atoms with Gasteiger partial charge in [0.2, 0.25) is 0 Å². The van der Waals surface area contributed by atoms with E-state index in [-0.39, 0.29) is 18.9 Å². The fourth-order valence-electron chi connectivity index (χ4n) is 2.94. The zero-order valence-electron chi connectivity index (χ0n) is 13.8. The molecule has 0 spiro atoms. The molecule has 1 saturated heterocycles. The molecule has 1 N–H and O–H groups in total. The van der Waals surface area contributed by atoms with E-state index in [1.165, 1.54) is 12.0 Å². The Morgan fingerprint density at radius 3 is 2.32 bits per heavy atom. The van der Waals surface area contributed by atoms with Gasteiger partial charge in [0, 0.05) is 12.0 Å². The molecule has 0 radical (unpaired) electrons. The van der Waals surface area contributed by atoms with E-state index in [2.05, 4.69) is 5.16 Å². The van der Waals surface area contributed by atoms with Crippen LogP contribution in [0.1, 0.15) is 16.8 Å². The Bertz CT molecular complexity index is 800. The van der Waals surface area contributed by atoms with Crippen LogP contribution >= 0.6 is 0 Å². The fraction of sp³-hybridized carbons (Fsp3) is 0.211. The number of carboxylic acids is 1. The molecule has 2 aromatic carbocycles. The van der Waals surface area contributed by atoms with Crippen molar-refractivity contribution in [1.29, 1.82) is 0 Å². The Labute approximate surface area is 145 Å². The van der Waals surface area contributed by atoms with E-state index in [9.17, 15) is 14.7 Å². The number of nitrogens with zero attached hydrogens (tertiary/aromatic N) is 2. The van der Waals surface area contributed by atoms with E-state index in [4.69, 9.17) is 4.84 Å². The Kier molecular flexibility index (Phi) is 4.79. The molecule has 2 aromatic rings. The van der Waals surface area contributed by atoms with Crippen molar-refractivity contribution < 1.29 is 19.5 Å². The van der Waals surface area contributed by atoms with Gasteiger partial charge in [0.15, 0.2) is 0 Å². The number of rotatable bonds is 4. The number of amides is 1. The monoisotopic (exact) mass is 338 g/mol. The Balaban J connectivity index is 1.82. The predicted molar refractivity (Wildman–Crippen MR) is 93.4 cm³/mol. The van der Waals surface area contributed by atoms with Crippen LogP contribution in [0.15, 0.2) is 59.8 Å². The molecule has 1 fully saturated rings. The first-order chi connectivity index (χ1) is 12.1. The topological polar surface area (TPSA) is 79.2 Å². The van der Waals surface area contributed by atoms with Crippen LogP contribution in [-0.2, 0) is 9.63 Å². The van der Waals surface area contributed by atoms with Gasteiger partial charge in [0.05, 0.1) is 12.3 Å². The molecule has 1 amide bonds. The molecule has 1 aliphatic rings. The lowest BCUT2D eigenvalue weighted by Gasteiger charge is -2.20. The second kappa shape index (κ2) is 7.17. The Hall–Kier alpha value is -3.15. The zero-order chi connectivity index (χ0) is 17.8. The molecule has 6 nitrogen and oxygen atoms in total. The summed E-state index contributed by atoms with van der Waals surface area (Å²) in [5, 5.41) is 13.2. The highest BCUT2D eigenvalue weighted by Crippen LogP contribution is 2.23. The number of hydrogen-bond acceptors (Lipinski definition) is 4. The van der Waals surface area contributed by atoms with Gasteiger partial charge in [-0.3, -0.25) is 4.79 Å². The highest BCUT2D eigenvalue weighted by atomic mass is 16.6. The SMILES string of the molecule is CO/N=C1\C[C@@H](C(=O)O)N(C(=O)c2ccc(-c3ccccc3)cc2)C1. The number of carbonyl (C=O) groups excluding carboxylic acids is 1. The van der Waals surface area contributed by atoms with Gasteiger partial charge in [-0.1, -0.05) is 47.6 Å². The van der Waals surface area contributed by atoms with Crippen molar-refractivity contribution in [2.24, 2.45) is 5.16 Å². The minimum Gasteiger partial charge on any atom is -0.480 e. The van der Waals surface area contributed by atoms with Crippen molar-refractivity contribution in [2.45, 2.75) is 12.5 Å². The summed E-state index contributed by atoms with van der Waals surface area (Å²) in [5.41, 5.74) is 3.05. The maximum absolute atomic E-state index is 12.7. The average molecular weight is 338 g/mol. The number of oxime groups is 1. The van der Waals surface area contributed by atoms with Gasteiger partial charge < -0.3 is 14.8 Å². The van der Waals surface area contributed by atoms with Crippen molar-refractivity contribution in [3.63, 3.8) is 0 Å². The van der Waals surface area contributed by atoms with Gasteiger partial charge in [-0.25, -0.2) is 4.79 Å². The van der Waals surface area contributed by atoms with Crippen LogP contribution in [0.2, 0.25) is 0 Å². The molecule has 0 aromatic heterocycles. The third-order valence-electron chi connectivity index (χ3n) is 4.16. The molecule has 1 aliphatic heterocycles. The van der Waals surface area contributed by atoms with Crippen LogP contribution in [0.5, 0.6) is 0 Å². The third-order valence-corrected chi connectivity index (χ3v) is 4.16. The van der Waals surface area contributed by atoms with Gasteiger partial charge in [0.25, 0.3) is 5.91 Å². The predicted octanol–water partition coefficient (Wildman–Crippen LogP) is 2.66. The van der Waals surface area contributed by atoms with E-state index in [0.717, 1.165) is 11.1 Å². The van der Waals surface area contributed by atoms with Gasteiger partial charge in [0.1, 0.15) is 13.2 Å². The molecule has 0 bridgehead atoms. The maximum Gasteiger partial charge on any atom is 0.326 e. The number of likely N-dealkylation sites (tertiary alicyclic amines) is 1. The molecular formula is C19H18N2O4. The van der Waals surface area contributed by atoms with E-state index >= 15 is 0 Å². The first kappa shape index (κ1) is 16.7. The molecule has 1 heterocycles. The van der Waals surface area contributed by atoms with Gasteiger partial charge in [-0.05, 0) is 23.3 Å². The van der Waals surface area contributed by atoms with Gasteiger partial charge >= 0.3 is 5.97 Å². The fourth-order valence-corrected chi connectivity index (χ4v) is 2.94. The number of carbonyl (C=O) groups is 2. The van der Waals surface area contributed by atoms with Crippen LogP contribution in [-0.4, -0.2) is 47.3 Å². The quantitative estimate of drug-likeness (QED) is 0.869. The molecule has 0 aliphatic carbocycles. The Morgan fingerprint density at radius 2 is 1.72 bits per heavy atom. The van der Waals surface area contributed by atoms with Crippen molar-refractivity contribution >= 4 is 17.6 Å². The van der Waals surface area contributed by atoms with Crippen LogP contribution < -0.4 is 0 Å². The van der Waals surface area contributed by atoms with Crippen LogP contribution in [0.3, 0.4) is 0 Å². The highest BCUT2D eigenvalue weighted by molar-refractivity contribution is 6.04. The van der Waals surface area contributed by atoms with Crippen molar-refractivity contribution in [3.05, 3.63) is 60.2 Å². The molecule has 0 unspecified atom stereocenters. The number of carboxylic acid groups (broad SMARTS) is 1. The second-order valence-corrected chi connectivity index (χ2v) is 5.77. The van der Waals surface area contributed by atoms with Gasteiger partial charge in [-0.15, -0.1) is 0 Å². The highest BCUT2D eigenvalue weighted by Gasteiger charge is 2.38. The van der Waals surface area contributed by atoms with E-state index in [1.54, 1.807) is 12.1 Å². The van der Waals surface area contributed by atoms with E-state index in [1.807, 2.05) is 42.5 Å². The van der Waals surface area contributed by atoms with E-state index < -0.39 is 12.0 Å². The molecule has 25 heavy (non-hydrogen) atoms. The molecule has 0 saturated carbocycles. The van der Waals surface area contributed by atoms with E-state index in [0.29, 0.717) is 11.3 Å². The summed E-state index contributed by atoms with van der Waals surface area (Å²) in [6, 6.07) is 16.1. The molecule has 6 heteroatoms. The lowest BCUT2D eigenvalue weighted by molar-refractivity contribution is -0.141. The normalized spacial score (nSPS) is 18.4. The smallest absolute Gasteiger partial charge is 0.326 e. The largest absolute Gasteiger partial charge is 0.480 e. The summed E-state index contributed by atoms with van der Waals surface area (Å²) in [6.45, 7) is 0.157. The zero-order valence-corrected chi connectivity index (χ0v) is 13.8. The molecule has 1 atom stereocenters. The van der Waals surface area contributed by atoms with Crippen molar-refractivity contribution in [3.8, 4) is 11.1 Å². The molecule has 128 valence electrons. The first-order valence-electron chi connectivity index (χ1n) is 7.88. The standard InChI is InChI=1S/C19H18N2O4/c1-25-20-16-11-17(19(23)24)21(12-16)18(22)15-9-7-14(8-10-15)13-5-3-2-4-6-13/h2-10,17H,11-12H2,1H3,(H,23,24)/b20-16+/t17-/m0/s1. The first-order valence-corrected chi connectivity index (χ1v) is 7.88. The Morgan fingerprint density at radius 1 is 1.08 bits per heavy atom. The number of aliphatic carboxylic acids is 1. The summed E-state index contributed by atoms with van der Waals surface area (Å²) in [4.78, 5) is 30.2. The number of benzene rings is 2. The summed E-state index contributed by atoms with van der Waals surface area (Å²) >= 11 is 0. The van der Waals surface area contributed by atoms with Crippen molar-refractivity contribution in [1.82, 2.24) is 4.90 Å². The summed E-state index contributed by atoms with van der Waals surface area (Å²) < 4.78 is 0. The van der Waals surface area contributed by atoms with Crippen LogP contribution in [0, 0.1) is 0 Å².